The van der Waals surface area contributed by atoms with Crippen molar-refractivity contribution in [2.75, 3.05) is 0 Å². The van der Waals surface area contributed by atoms with E-state index in [2.05, 4.69) is 31.2 Å². The molecule has 5 rings (SSSR count). The monoisotopic (exact) mass is 444 g/mol. The van der Waals surface area contributed by atoms with Crippen molar-refractivity contribution in [2.45, 2.75) is 96.3 Å². The van der Waals surface area contributed by atoms with Gasteiger partial charge < -0.3 is 4.74 Å². The van der Waals surface area contributed by atoms with Crippen LogP contribution in [0.4, 0.5) is 0 Å². The van der Waals surface area contributed by atoms with Gasteiger partial charge in [-0.05, 0) is 97.9 Å². The van der Waals surface area contributed by atoms with Gasteiger partial charge in [-0.15, -0.1) is 0 Å². The predicted molar refractivity (Wildman–Crippen MR) is 138 cm³/mol. The number of hydrogen-bond donors (Lipinski definition) is 0. The summed E-state index contributed by atoms with van der Waals surface area (Å²) in [5, 5.41) is 0. The molecular weight excluding hydrogens is 404 g/mol. The summed E-state index contributed by atoms with van der Waals surface area (Å²) in [5.74, 6) is 0.436. The molecule has 3 aliphatic carbocycles. The maximum atomic E-state index is 11.9. The number of esters is 1. The van der Waals surface area contributed by atoms with E-state index in [-0.39, 0.29) is 5.97 Å². The molecule has 3 fully saturated rings. The Morgan fingerprint density at radius 2 is 1.48 bits per heavy atom. The molecule has 0 aromatic heterocycles. The molecule has 0 spiro atoms. The second-order valence-electron chi connectivity index (χ2n) is 10.4. The molecule has 2 nitrogen and oxygen atoms in total. The van der Waals surface area contributed by atoms with E-state index in [0.29, 0.717) is 23.0 Å². The van der Waals surface area contributed by atoms with Crippen LogP contribution in [0, 0.1) is 5.41 Å². The van der Waals surface area contributed by atoms with Crippen molar-refractivity contribution in [1.82, 2.24) is 0 Å². The molecule has 33 heavy (non-hydrogen) atoms. The fourth-order valence-corrected chi connectivity index (χ4v) is 6.10. The average molecular weight is 445 g/mol. The number of carbonyl (C=O) groups excluding carboxylic acids is 1. The minimum absolute atomic E-state index is 0.182. The molecule has 2 heteroatoms. The Kier molecular flexibility index (Phi) is 7.73. The van der Waals surface area contributed by atoms with Crippen molar-refractivity contribution >= 4 is 5.97 Å². The topological polar surface area (TPSA) is 26.3 Å². The minimum atomic E-state index is -0.182. The average Bonchev–Trinajstić information content (AvgIpc) is 2.86. The van der Waals surface area contributed by atoms with E-state index < -0.39 is 0 Å². The first-order valence-corrected chi connectivity index (χ1v) is 13.1. The van der Waals surface area contributed by atoms with E-state index in [1.807, 2.05) is 43.3 Å². The smallest absolute Gasteiger partial charge is 0.311 e. The molecule has 3 aliphatic rings. The number of carbonyl (C=O) groups is 1. The molecule has 0 atom stereocenters. The van der Waals surface area contributed by atoms with Crippen LogP contribution in [0.25, 0.3) is 11.1 Å². The van der Waals surface area contributed by atoms with Crippen LogP contribution in [-0.4, -0.2) is 5.97 Å². The Hall–Kier alpha value is -2.35. The quantitative estimate of drug-likeness (QED) is 0.158. The second-order valence-corrected chi connectivity index (χ2v) is 10.4. The first-order valence-electron chi connectivity index (χ1n) is 13.1. The normalized spacial score (nSPS) is 24.3. The molecule has 0 aliphatic heterocycles. The lowest BCUT2D eigenvalue weighted by Crippen LogP contribution is -2.44. The third kappa shape index (κ3) is 5.60. The van der Waals surface area contributed by atoms with Crippen LogP contribution in [-0.2, 0) is 10.2 Å². The minimum Gasteiger partial charge on any atom is -0.427 e. The molecule has 2 bridgehead atoms. The van der Waals surface area contributed by atoms with E-state index in [1.165, 1.54) is 69.8 Å². The second kappa shape index (κ2) is 10.7. The predicted octanol–water partition coefficient (Wildman–Crippen LogP) is 8.79. The van der Waals surface area contributed by atoms with Crippen LogP contribution in [0.3, 0.4) is 0 Å². The zero-order valence-corrected chi connectivity index (χ0v) is 20.6. The fraction of sp³-hybridized carbons (Fsp3) is 0.516. The summed E-state index contributed by atoms with van der Waals surface area (Å²) in [6.45, 7) is 4.27. The number of rotatable bonds is 10. The van der Waals surface area contributed by atoms with Crippen molar-refractivity contribution in [3.63, 3.8) is 0 Å². The van der Waals surface area contributed by atoms with Crippen LogP contribution in [0.1, 0.15) is 96.5 Å². The van der Waals surface area contributed by atoms with Crippen LogP contribution in [0.2, 0.25) is 0 Å². The Morgan fingerprint density at radius 1 is 0.879 bits per heavy atom. The fourth-order valence-electron chi connectivity index (χ4n) is 6.10. The first-order chi connectivity index (χ1) is 16.1. The number of ether oxygens (including phenoxy) is 1. The van der Waals surface area contributed by atoms with Gasteiger partial charge in [0.05, 0.1) is 0 Å². The van der Waals surface area contributed by atoms with Crippen molar-refractivity contribution < 1.29 is 9.53 Å². The highest BCUT2D eigenvalue weighted by Crippen LogP contribution is 2.59. The van der Waals surface area contributed by atoms with Crippen molar-refractivity contribution in [2.24, 2.45) is 5.41 Å². The lowest BCUT2D eigenvalue weighted by Gasteiger charge is -2.54. The highest BCUT2D eigenvalue weighted by molar-refractivity contribution is 5.73. The number of unbranched alkanes of at least 4 members (excludes halogenated alkanes) is 2. The molecule has 0 radical (unpaired) electrons. The van der Waals surface area contributed by atoms with Gasteiger partial charge in [0.15, 0.2) is 0 Å². The number of fused-ring (bicyclic) bond motifs is 3. The highest BCUT2D eigenvalue weighted by Gasteiger charge is 2.48. The summed E-state index contributed by atoms with van der Waals surface area (Å²) in [7, 11) is 0. The van der Waals surface area contributed by atoms with Gasteiger partial charge in [0, 0.05) is 6.42 Å². The van der Waals surface area contributed by atoms with Crippen molar-refractivity contribution in [1.29, 1.82) is 0 Å². The van der Waals surface area contributed by atoms with Gasteiger partial charge in [-0.3, -0.25) is 4.79 Å². The Bertz CT molecular complexity index is 911. The van der Waals surface area contributed by atoms with Crippen LogP contribution >= 0.6 is 0 Å². The lowest BCUT2D eigenvalue weighted by molar-refractivity contribution is -0.134. The SMILES string of the molecule is C/C=C/CCC(=O)Oc1ccc(-c2ccc(C34CCC(CCCCC)(CC3)CC4)cc2)cc1. The molecule has 176 valence electrons. The number of hydrogen-bond acceptors (Lipinski definition) is 2. The van der Waals surface area contributed by atoms with Gasteiger partial charge >= 0.3 is 5.97 Å². The standard InChI is InChI=1S/C31H40O2/c1-3-5-7-9-29(32)33-28-16-12-26(13-17-28)25-10-14-27(15-11-25)31-22-19-30(20-23-31,21-24-31)18-8-6-4-2/h3,5,10-17H,4,6-9,18-24H2,1-2H3/b5-3+. The largest absolute Gasteiger partial charge is 0.427 e. The third-order valence-corrected chi connectivity index (χ3v) is 8.38. The molecule has 3 saturated carbocycles. The highest BCUT2D eigenvalue weighted by atomic mass is 16.5. The number of benzene rings is 2. The summed E-state index contributed by atoms with van der Waals surface area (Å²) in [4.78, 5) is 11.9. The summed E-state index contributed by atoms with van der Waals surface area (Å²) in [6.07, 6.45) is 19.1. The van der Waals surface area contributed by atoms with Gasteiger partial charge in [0.1, 0.15) is 5.75 Å². The summed E-state index contributed by atoms with van der Waals surface area (Å²) in [6, 6.07) is 17.2. The molecule has 2 aromatic rings. The summed E-state index contributed by atoms with van der Waals surface area (Å²) >= 11 is 0. The van der Waals surface area contributed by atoms with E-state index in [4.69, 9.17) is 4.74 Å². The molecule has 0 N–H and O–H groups in total. The Morgan fingerprint density at radius 3 is 2.06 bits per heavy atom. The van der Waals surface area contributed by atoms with E-state index in [1.54, 1.807) is 5.56 Å². The Balaban J connectivity index is 1.36. The van der Waals surface area contributed by atoms with Gasteiger partial charge in [0.2, 0.25) is 0 Å². The van der Waals surface area contributed by atoms with Gasteiger partial charge in [0.25, 0.3) is 0 Å². The molecule has 0 heterocycles. The van der Waals surface area contributed by atoms with Crippen molar-refractivity contribution in [3.8, 4) is 16.9 Å². The molecule has 2 aromatic carbocycles. The van der Waals surface area contributed by atoms with Crippen LogP contribution in [0.15, 0.2) is 60.7 Å². The van der Waals surface area contributed by atoms with Crippen LogP contribution < -0.4 is 4.74 Å². The zero-order chi connectivity index (χ0) is 23.2. The molecule has 0 unspecified atom stereocenters. The van der Waals surface area contributed by atoms with E-state index in [0.717, 1.165) is 12.0 Å². The Labute approximate surface area is 200 Å². The first kappa shape index (κ1) is 23.8. The molecular formula is C31H40O2. The zero-order valence-electron chi connectivity index (χ0n) is 20.6. The summed E-state index contributed by atoms with van der Waals surface area (Å²) < 4.78 is 5.45. The van der Waals surface area contributed by atoms with Crippen molar-refractivity contribution in [3.05, 3.63) is 66.2 Å². The van der Waals surface area contributed by atoms with Crippen LogP contribution in [0.5, 0.6) is 5.75 Å². The maximum absolute atomic E-state index is 11.9. The van der Waals surface area contributed by atoms with Gasteiger partial charge in [-0.1, -0.05) is 74.7 Å². The van der Waals surface area contributed by atoms with Gasteiger partial charge in [-0.25, -0.2) is 0 Å². The third-order valence-electron chi connectivity index (χ3n) is 8.38. The summed E-state index contributed by atoms with van der Waals surface area (Å²) in [5.41, 5.74) is 5.00. The maximum Gasteiger partial charge on any atom is 0.311 e. The lowest BCUT2D eigenvalue weighted by atomic mass is 9.51. The van der Waals surface area contributed by atoms with E-state index >= 15 is 0 Å². The molecule has 0 saturated heterocycles. The number of allylic oxidation sites excluding steroid dienone is 2. The molecule has 0 amide bonds. The van der Waals surface area contributed by atoms with E-state index in [9.17, 15) is 4.79 Å². The van der Waals surface area contributed by atoms with Gasteiger partial charge in [-0.2, -0.15) is 0 Å².